The number of hydrogen-bond acceptors (Lipinski definition) is 3. The third-order valence-electron chi connectivity index (χ3n) is 9.89. The molecule has 1 heterocycles. The summed E-state index contributed by atoms with van der Waals surface area (Å²) in [5, 5.41) is 9.53. The summed E-state index contributed by atoms with van der Waals surface area (Å²) in [4.78, 5) is 5.56. The van der Waals surface area contributed by atoms with Crippen LogP contribution in [0.15, 0.2) is 12.4 Å². The van der Waals surface area contributed by atoms with Crippen molar-refractivity contribution in [2.45, 2.75) is 108 Å². The molecule has 8 bridgehead atoms. The Morgan fingerprint density at radius 2 is 0.933 bits per heavy atom. The summed E-state index contributed by atoms with van der Waals surface area (Å²) < 4.78 is 1.52. The van der Waals surface area contributed by atoms with Gasteiger partial charge >= 0.3 is 166 Å². The molecule has 8 fully saturated rings. The van der Waals surface area contributed by atoms with Gasteiger partial charge in [0.2, 0.25) is 0 Å². The van der Waals surface area contributed by atoms with Crippen molar-refractivity contribution in [3.05, 3.63) is 12.4 Å². The van der Waals surface area contributed by atoms with E-state index in [0.29, 0.717) is 11.1 Å². The van der Waals surface area contributed by atoms with E-state index in [-0.39, 0.29) is 0 Å². The molecule has 9 rings (SSSR count). The molecule has 8 saturated carbocycles. The van der Waals surface area contributed by atoms with Crippen molar-refractivity contribution in [3.63, 3.8) is 0 Å². The molecule has 0 amide bonds. The fourth-order valence-electron chi connectivity index (χ4n) is 9.92. The van der Waals surface area contributed by atoms with Gasteiger partial charge in [0.15, 0.2) is 0 Å². The molecule has 0 aromatic rings. The standard InChI is InChI=1S/C23H32N2.C3H7O.Al/c1-2-25(23-12-19-6-20(13-23)8-21(7-19)14-23)15-24(1)22-9-16-3-17(10-22)5-18(4-16)11-22;1-3(2)4;/h1-2,16-21H,3-14H2;3H,1-2H3;/q;-1;+1. The third kappa shape index (κ3) is 3.19. The molecule has 1 aliphatic heterocycles. The van der Waals surface area contributed by atoms with Crippen molar-refractivity contribution in [2.75, 3.05) is 0 Å². The van der Waals surface area contributed by atoms with Crippen LogP contribution in [0.25, 0.3) is 0 Å². The van der Waals surface area contributed by atoms with Crippen LogP contribution in [0, 0.1) is 35.5 Å². The second-order valence-corrected chi connectivity index (χ2v) is 13.2. The van der Waals surface area contributed by atoms with Crippen molar-refractivity contribution in [3.8, 4) is 0 Å². The SMILES string of the molecule is CC(C)[O-].[Al+]=[C]1N(C23CC4CC(CC(C4)C2)C3)C=CN1C12CC3CC(CC(C3)C1)C2. The molecule has 9 aliphatic rings. The van der Waals surface area contributed by atoms with Crippen LogP contribution in [0.4, 0.5) is 0 Å². The molecule has 162 valence electrons. The van der Waals surface area contributed by atoms with E-state index in [1.54, 1.807) is 52.4 Å². The average Bonchev–Trinajstić information content (AvgIpc) is 3.02. The summed E-state index contributed by atoms with van der Waals surface area (Å²) in [6.07, 6.45) is 22.7. The number of hydrogen-bond donors (Lipinski definition) is 0. The van der Waals surface area contributed by atoms with Crippen molar-refractivity contribution in [2.24, 2.45) is 35.5 Å². The fraction of sp³-hybridized carbons (Fsp3) is 0.885. The zero-order valence-electron chi connectivity index (χ0n) is 19.1. The predicted octanol–water partition coefficient (Wildman–Crippen LogP) is 4.02. The van der Waals surface area contributed by atoms with Crippen molar-refractivity contribution >= 4 is 20.5 Å². The van der Waals surface area contributed by atoms with Gasteiger partial charge in [0.05, 0.1) is 0 Å². The van der Waals surface area contributed by atoms with E-state index in [2.05, 4.69) is 38.1 Å². The molecule has 0 aromatic carbocycles. The first-order valence-electron chi connectivity index (χ1n) is 12.9. The van der Waals surface area contributed by atoms with Crippen molar-refractivity contribution < 1.29 is 5.11 Å². The Morgan fingerprint density at radius 1 is 0.700 bits per heavy atom. The third-order valence-corrected chi connectivity index (χ3v) is 10.4. The van der Waals surface area contributed by atoms with Crippen LogP contribution in [0.5, 0.6) is 0 Å². The quantitative estimate of drug-likeness (QED) is 0.630. The molecular weight excluding hydrogens is 383 g/mol. The molecule has 8 aliphatic carbocycles. The summed E-state index contributed by atoms with van der Waals surface area (Å²) in [7, 11) is 0. The molecule has 3 nitrogen and oxygen atoms in total. The molecule has 0 radical (unpaired) electrons. The van der Waals surface area contributed by atoms with Crippen molar-refractivity contribution in [1.29, 1.82) is 0 Å². The second kappa shape index (κ2) is 7.10. The van der Waals surface area contributed by atoms with E-state index in [4.69, 9.17) is 0 Å². The van der Waals surface area contributed by atoms with Gasteiger partial charge in [-0.05, 0) is 0 Å². The van der Waals surface area contributed by atoms with Crippen molar-refractivity contribution in [1.82, 2.24) is 9.80 Å². The van der Waals surface area contributed by atoms with Crippen LogP contribution in [-0.2, 0) is 0 Å². The summed E-state index contributed by atoms with van der Waals surface area (Å²) in [6, 6.07) is 0. The van der Waals surface area contributed by atoms with Crippen LogP contribution in [0.2, 0.25) is 0 Å². The minimum atomic E-state index is -0.417. The predicted molar refractivity (Wildman–Crippen MR) is 121 cm³/mol. The molecule has 0 spiro atoms. The molecular formula is C26H39AlN2O. The van der Waals surface area contributed by atoms with Gasteiger partial charge in [0.25, 0.3) is 0 Å². The summed E-state index contributed by atoms with van der Waals surface area (Å²) in [6.45, 7) is 3.22. The molecule has 0 saturated heterocycles. The zero-order chi connectivity index (χ0) is 20.7. The number of rotatable bonds is 2. The van der Waals surface area contributed by atoms with Gasteiger partial charge in [-0.2, -0.15) is 0 Å². The molecule has 0 N–H and O–H groups in total. The minimum absolute atomic E-state index is 0.417. The molecule has 0 unspecified atom stereocenters. The Labute approximate surface area is 191 Å². The Morgan fingerprint density at radius 3 is 1.17 bits per heavy atom. The van der Waals surface area contributed by atoms with Gasteiger partial charge in [0, 0.05) is 0 Å². The topological polar surface area (TPSA) is 29.5 Å². The monoisotopic (exact) mass is 422 g/mol. The van der Waals surface area contributed by atoms with E-state index >= 15 is 0 Å². The normalized spacial score (nSPS) is 50.0. The maximum atomic E-state index is 9.53. The van der Waals surface area contributed by atoms with Crippen LogP contribution in [-0.4, -0.2) is 47.5 Å². The van der Waals surface area contributed by atoms with Gasteiger partial charge in [-0.1, -0.05) is 13.8 Å². The number of nitrogens with zero attached hydrogens (tertiary/aromatic N) is 2. The first kappa shape index (κ1) is 20.3. The summed E-state index contributed by atoms with van der Waals surface area (Å²) in [5.74, 6) is 6.17. The average molecular weight is 423 g/mol. The van der Waals surface area contributed by atoms with E-state index in [1.807, 2.05) is 0 Å². The van der Waals surface area contributed by atoms with E-state index in [1.165, 1.54) is 43.2 Å². The first-order valence-corrected chi connectivity index (χ1v) is 13.5. The van der Waals surface area contributed by atoms with E-state index in [0.717, 1.165) is 35.5 Å². The summed E-state index contributed by atoms with van der Waals surface area (Å²) >= 11 is 3.22. The first-order chi connectivity index (χ1) is 14.3. The van der Waals surface area contributed by atoms with Crippen LogP contribution >= 0.6 is 0 Å². The van der Waals surface area contributed by atoms with Crippen LogP contribution in [0.1, 0.15) is 90.9 Å². The van der Waals surface area contributed by atoms with Gasteiger partial charge in [-0.25, -0.2) is 0 Å². The zero-order valence-corrected chi connectivity index (χ0v) is 20.2. The van der Waals surface area contributed by atoms with Crippen LogP contribution < -0.4 is 5.11 Å². The molecule has 0 atom stereocenters. The Kier molecular flexibility index (Phi) is 4.81. The van der Waals surface area contributed by atoms with E-state index < -0.39 is 6.10 Å². The summed E-state index contributed by atoms with van der Waals surface area (Å²) in [5.41, 5.74) is 0.943. The molecule has 0 aromatic heterocycles. The fourth-order valence-corrected chi connectivity index (χ4v) is 10.6. The Hall–Kier alpha value is -0.298. The van der Waals surface area contributed by atoms with Gasteiger partial charge in [0.1, 0.15) is 0 Å². The Balaban J connectivity index is 0.000000406. The molecule has 30 heavy (non-hydrogen) atoms. The van der Waals surface area contributed by atoms with E-state index in [9.17, 15) is 5.11 Å². The maximum absolute atomic E-state index is 9.53. The van der Waals surface area contributed by atoms with Crippen LogP contribution in [0.3, 0.4) is 0 Å². The molecule has 4 heteroatoms. The Bertz CT molecular complexity index is 614. The second-order valence-electron chi connectivity index (χ2n) is 12.7. The van der Waals surface area contributed by atoms with Gasteiger partial charge in [-0.3, -0.25) is 0 Å². The van der Waals surface area contributed by atoms with Gasteiger partial charge < -0.3 is 5.11 Å². The van der Waals surface area contributed by atoms with Gasteiger partial charge in [-0.15, -0.1) is 6.10 Å².